The van der Waals surface area contributed by atoms with Gasteiger partial charge in [-0.15, -0.1) is 0 Å². The van der Waals surface area contributed by atoms with Gasteiger partial charge < -0.3 is 29.7 Å². The molecule has 11 heteroatoms. The zero-order valence-corrected chi connectivity index (χ0v) is 21.3. The summed E-state index contributed by atoms with van der Waals surface area (Å²) in [5.74, 6) is 0.673. The van der Waals surface area contributed by atoms with Crippen molar-refractivity contribution in [1.29, 1.82) is 0 Å². The third-order valence-electron chi connectivity index (χ3n) is 6.64. The number of fused-ring (bicyclic) bond motifs is 1. The van der Waals surface area contributed by atoms with E-state index in [-0.39, 0.29) is 29.2 Å². The van der Waals surface area contributed by atoms with E-state index in [1.54, 1.807) is 18.1 Å². The molecule has 0 spiro atoms. The molecule has 0 atom stereocenters. The zero-order chi connectivity index (χ0) is 25.8. The summed E-state index contributed by atoms with van der Waals surface area (Å²) in [5.41, 5.74) is 1.23. The van der Waals surface area contributed by atoms with E-state index < -0.39 is 5.82 Å². The number of rotatable bonds is 6. The lowest BCUT2D eigenvalue weighted by atomic mass is 9.93. The molecule has 2 N–H and O–H groups in total. The number of carbonyl (C=O) groups excluding carboxylic acids is 1. The molecule has 2 fully saturated rings. The molecule has 1 saturated carbocycles. The van der Waals surface area contributed by atoms with E-state index in [1.807, 2.05) is 18.2 Å². The van der Waals surface area contributed by atoms with Crippen molar-refractivity contribution < 1.29 is 23.4 Å². The number of aromatic nitrogens is 2. The van der Waals surface area contributed by atoms with Gasteiger partial charge in [-0.3, -0.25) is 0 Å². The minimum Gasteiger partial charge on any atom is -0.497 e. The standard InChI is InChI=1S/C26H29ClFN5O4/c1-35-19-7-8-20-23(15-19)31-25(32-24(20)29-17-4-9-22(28)21(27)14-17)37-18-5-2-16(3-6-18)30-26(34)33-10-12-36-13-11-33/h4,7-9,14-16,18H,2-3,5-6,10-13H2,1H3,(H,30,34)(H,29,31,32)/t16-,18-. The van der Waals surface area contributed by atoms with Crippen LogP contribution in [0.5, 0.6) is 11.8 Å². The minimum absolute atomic E-state index is 0.0129. The molecule has 2 aromatic carbocycles. The maximum Gasteiger partial charge on any atom is 0.319 e. The van der Waals surface area contributed by atoms with Crippen molar-refractivity contribution in [2.45, 2.75) is 37.8 Å². The minimum atomic E-state index is -0.495. The van der Waals surface area contributed by atoms with Gasteiger partial charge in [0.05, 0.1) is 30.9 Å². The average molecular weight is 530 g/mol. The highest BCUT2D eigenvalue weighted by molar-refractivity contribution is 6.31. The van der Waals surface area contributed by atoms with E-state index in [1.165, 1.54) is 12.1 Å². The van der Waals surface area contributed by atoms with E-state index in [0.29, 0.717) is 49.1 Å². The normalized spacial score (nSPS) is 19.9. The van der Waals surface area contributed by atoms with Crippen molar-refractivity contribution >= 4 is 40.0 Å². The van der Waals surface area contributed by atoms with Crippen LogP contribution in [0.25, 0.3) is 10.9 Å². The molecule has 0 bridgehead atoms. The fourth-order valence-corrected chi connectivity index (χ4v) is 4.76. The maximum absolute atomic E-state index is 13.6. The van der Waals surface area contributed by atoms with E-state index in [4.69, 9.17) is 25.8 Å². The Balaban J connectivity index is 1.28. The molecule has 1 aliphatic carbocycles. The molecule has 1 aromatic heterocycles. The summed E-state index contributed by atoms with van der Waals surface area (Å²) in [5, 5.41) is 7.11. The third-order valence-corrected chi connectivity index (χ3v) is 6.93. The van der Waals surface area contributed by atoms with E-state index in [0.717, 1.165) is 31.1 Å². The van der Waals surface area contributed by atoms with E-state index in [9.17, 15) is 9.18 Å². The predicted octanol–water partition coefficient (Wildman–Crippen LogP) is 4.91. The van der Waals surface area contributed by atoms with Gasteiger partial charge in [0.1, 0.15) is 23.5 Å². The molecule has 37 heavy (non-hydrogen) atoms. The molecule has 2 heterocycles. The van der Waals surface area contributed by atoms with Gasteiger partial charge in [-0.1, -0.05) is 11.6 Å². The zero-order valence-electron chi connectivity index (χ0n) is 20.5. The number of amides is 2. The Labute approximate surface area is 219 Å². The summed E-state index contributed by atoms with van der Waals surface area (Å²) in [6, 6.07) is 10.2. The van der Waals surface area contributed by atoms with Crippen LogP contribution in [-0.2, 0) is 4.74 Å². The number of urea groups is 1. The maximum atomic E-state index is 13.6. The van der Waals surface area contributed by atoms with Crippen LogP contribution in [0.1, 0.15) is 25.7 Å². The summed E-state index contributed by atoms with van der Waals surface area (Å²) in [6.45, 7) is 2.40. The SMILES string of the molecule is COc1ccc2c(Nc3ccc(F)c(Cl)c3)nc(O[C@H]3CC[C@H](NC(=O)N4CCOCC4)CC3)nc2c1. The van der Waals surface area contributed by atoms with Crippen molar-refractivity contribution in [3.05, 3.63) is 47.2 Å². The largest absolute Gasteiger partial charge is 0.497 e. The molecular formula is C26H29ClFN5O4. The molecule has 5 rings (SSSR count). The van der Waals surface area contributed by atoms with Crippen molar-refractivity contribution in [3.63, 3.8) is 0 Å². The number of ether oxygens (including phenoxy) is 3. The number of hydrogen-bond donors (Lipinski definition) is 2. The van der Waals surface area contributed by atoms with Gasteiger partial charge in [-0.05, 0) is 56.0 Å². The molecule has 2 aliphatic rings. The van der Waals surface area contributed by atoms with Gasteiger partial charge >= 0.3 is 12.0 Å². The van der Waals surface area contributed by atoms with Crippen LogP contribution in [-0.4, -0.2) is 66.5 Å². The van der Waals surface area contributed by atoms with Crippen molar-refractivity contribution in [2.75, 3.05) is 38.7 Å². The fraction of sp³-hybridized carbons (Fsp3) is 0.423. The average Bonchev–Trinajstić information content (AvgIpc) is 2.92. The third kappa shape index (κ3) is 6.14. The Morgan fingerprint density at radius 3 is 2.62 bits per heavy atom. The molecule has 0 unspecified atom stereocenters. The monoisotopic (exact) mass is 529 g/mol. The number of carbonyl (C=O) groups is 1. The van der Waals surface area contributed by atoms with Gasteiger partial charge in [-0.2, -0.15) is 9.97 Å². The lowest BCUT2D eigenvalue weighted by molar-refractivity contribution is 0.0513. The lowest BCUT2D eigenvalue weighted by Gasteiger charge is -2.32. The number of halogens is 2. The first-order valence-corrected chi connectivity index (χ1v) is 12.7. The van der Waals surface area contributed by atoms with Crippen molar-refractivity contribution in [1.82, 2.24) is 20.2 Å². The Kier molecular flexibility index (Phi) is 7.76. The second-order valence-corrected chi connectivity index (χ2v) is 9.54. The summed E-state index contributed by atoms with van der Waals surface area (Å²) in [7, 11) is 1.59. The summed E-state index contributed by atoms with van der Waals surface area (Å²) in [4.78, 5) is 23.5. The number of methoxy groups -OCH3 is 1. The van der Waals surface area contributed by atoms with Crippen molar-refractivity contribution in [2.24, 2.45) is 0 Å². The number of morpholine rings is 1. The Bertz CT molecular complexity index is 1270. The molecule has 3 aromatic rings. The van der Waals surface area contributed by atoms with Gasteiger partial charge in [0.25, 0.3) is 0 Å². The van der Waals surface area contributed by atoms with Crippen molar-refractivity contribution in [3.8, 4) is 11.8 Å². The highest BCUT2D eigenvalue weighted by atomic mass is 35.5. The predicted molar refractivity (Wildman–Crippen MR) is 138 cm³/mol. The first-order chi connectivity index (χ1) is 18.0. The van der Waals surface area contributed by atoms with Gasteiger partial charge in [0.2, 0.25) is 0 Å². The number of benzene rings is 2. The van der Waals surface area contributed by atoms with Gasteiger partial charge in [0, 0.05) is 36.3 Å². The van der Waals surface area contributed by atoms with Gasteiger partial charge in [0.15, 0.2) is 0 Å². The molecule has 9 nitrogen and oxygen atoms in total. The molecule has 1 saturated heterocycles. The van der Waals surface area contributed by atoms with Crippen LogP contribution < -0.4 is 20.1 Å². The number of anilines is 2. The van der Waals surface area contributed by atoms with Crippen LogP contribution in [0.2, 0.25) is 5.02 Å². The van der Waals surface area contributed by atoms with Gasteiger partial charge in [-0.25, -0.2) is 9.18 Å². The Morgan fingerprint density at radius 1 is 1.11 bits per heavy atom. The second-order valence-electron chi connectivity index (χ2n) is 9.13. The molecule has 196 valence electrons. The first-order valence-electron chi connectivity index (χ1n) is 12.4. The van der Waals surface area contributed by atoms with Crippen LogP contribution >= 0.6 is 11.6 Å². The van der Waals surface area contributed by atoms with E-state index in [2.05, 4.69) is 20.6 Å². The number of nitrogens with zero attached hydrogens (tertiary/aromatic N) is 3. The Hall–Kier alpha value is -3.37. The molecular weight excluding hydrogens is 501 g/mol. The molecule has 1 aliphatic heterocycles. The molecule has 2 amide bonds. The highest BCUT2D eigenvalue weighted by Gasteiger charge is 2.27. The smallest absolute Gasteiger partial charge is 0.319 e. The van der Waals surface area contributed by atoms with Crippen LogP contribution in [0.3, 0.4) is 0 Å². The second kappa shape index (κ2) is 11.4. The fourth-order valence-electron chi connectivity index (χ4n) is 4.58. The van der Waals surface area contributed by atoms with Crippen LogP contribution in [0, 0.1) is 5.82 Å². The molecule has 0 radical (unpaired) electrons. The Morgan fingerprint density at radius 2 is 1.89 bits per heavy atom. The summed E-state index contributed by atoms with van der Waals surface area (Å²) >= 11 is 5.96. The lowest BCUT2D eigenvalue weighted by Crippen LogP contribution is -2.50. The quantitative estimate of drug-likeness (QED) is 0.468. The van der Waals surface area contributed by atoms with Crippen LogP contribution in [0.15, 0.2) is 36.4 Å². The summed E-state index contributed by atoms with van der Waals surface area (Å²) < 4.78 is 30.5. The van der Waals surface area contributed by atoms with E-state index >= 15 is 0 Å². The number of hydrogen-bond acceptors (Lipinski definition) is 7. The summed E-state index contributed by atoms with van der Waals surface area (Å²) in [6.07, 6.45) is 3.07. The topological polar surface area (TPSA) is 97.8 Å². The first kappa shape index (κ1) is 25.3. The highest BCUT2D eigenvalue weighted by Crippen LogP contribution is 2.31. The number of nitrogens with one attached hydrogen (secondary N) is 2. The van der Waals surface area contributed by atoms with Crippen LogP contribution in [0.4, 0.5) is 20.7 Å².